The van der Waals surface area contributed by atoms with Crippen LogP contribution in [-0.2, 0) is 11.3 Å². The Labute approximate surface area is 105 Å². The Morgan fingerprint density at radius 2 is 2.29 bits per heavy atom. The Hall–Kier alpha value is -1.76. The Balaban J connectivity index is 2.27. The van der Waals surface area contributed by atoms with Crippen molar-refractivity contribution in [2.24, 2.45) is 0 Å². The molecule has 0 spiro atoms. The van der Waals surface area contributed by atoms with Crippen molar-refractivity contribution in [3.05, 3.63) is 28.7 Å². The van der Waals surface area contributed by atoms with E-state index in [2.05, 4.69) is 31.5 Å². The van der Waals surface area contributed by atoms with E-state index in [-0.39, 0.29) is 13.0 Å². The van der Waals surface area contributed by atoms with Crippen molar-refractivity contribution in [2.45, 2.75) is 13.0 Å². The van der Waals surface area contributed by atoms with E-state index in [4.69, 9.17) is 5.11 Å². The molecule has 0 bridgehead atoms. The number of nitrogens with zero attached hydrogens (tertiary/aromatic N) is 4. The minimum atomic E-state index is -0.874. The fourth-order valence-corrected chi connectivity index (χ4v) is 1.79. The minimum absolute atomic E-state index is 0.00789. The number of hydrogen-bond acceptors (Lipinski definition) is 4. The maximum absolute atomic E-state index is 10.5. The molecule has 1 heterocycles. The van der Waals surface area contributed by atoms with Gasteiger partial charge in [0, 0.05) is 10.0 Å². The van der Waals surface area contributed by atoms with Gasteiger partial charge in [-0.2, -0.15) is 0 Å². The summed E-state index contributed by atoms with van der Waals surface area (Å²) in [6.45, 7) is 0.254. The number of aliphatic carboxylic acids is 1. The van der Waals surface area contributed by atoms with Gasteiger partial charge >= 0.3 is 5.97 Å². The van der Waals surface area contributed by atoms with Crippen LogP contribution < -0.4 is 0 Å². The largest absolute Gasteiger partial charge is 0.481 e. The van der Waals surface area contributed by atoms with E-state index in [9.17, 15) is 4.79 Å². The van der Waals surface area contributed by atoms with E-state index < -0.39 is 5.97 Å². The van der Waals surface area contributed by atoms with Gasteiger partial charge in [-0.05, 0) is 22.6 Å². The summed E-state index contributed by atoms with van der Waals surface area (Å²) >= 11 is 3.36. The number of benzene rings is 1. The predicted octanol–water partition coefficient (Wildman–Crippen LogP) is 1.58. The topological polar surface area (TPSA) is 80.9 Å². The van der Waals surface area contributed by atoms with Crippen LogP contribution in [0.25, 0.3) is 11.4 Å². The van der Waals surface area contributed by atoms with E-state index in [1.54, 1.807) is 0 Å². The third-order valence-electron chi connectivity index (χ3n) is 2.15. The third kappa shape index (κ3) is 2.88. The maximum Gasteiger partial charge on any atom is 0.305 e. The van der Waals surface area contributed by atoms with Gasteiger partial charge in [-0.25, -0.2) is 4.68 Å². The van der Waals surface area contributed by atoms with Crippen LogP contribution in [0.5, 0.6) is 0 Å². The van der Waals surface area contributed by atoms with Crippen molar-refractivity contribution >= 4 is 21.9 Å². The second-order valence-corrected chi connectivity index (χ2v) is 4.30. The molecule has 6 nitrogen and oxygen atoms in total. The number of carboxylic acid groups (broad SMARTS) is 1. The van der Waals surface area contributed by atoms with Crippen molar-refractivity contribution in [3.63, 3.8) is 0 Å². The molecule has 0 saturated heterocycles. The molecule has 0 aliphatic rings. The highest BCUT2D eigenvalue weighted by Gasteiger charge is 2.10. The summed E-state index contributed by atoms with van der Waals surface area (Å²) in [6.07, 6.45) is -0.00789. The smallest absolute Gasteiger partial charge is 0.305 e. The lowest BCUT2D eigenvalue weighted by molar-refractivity contribution is -0.137. The molecule has 0 unspecified atom stereocenters. The molecule has 0 aliphatic heterocycles. The Morgan fingerprint density at radius 1 is 1.47 bits per heavy atom. The molecule has 7 heteroatoms. The van der Waals surface area contributed by atoms with Gasteiger partial charge in [0.1, 0.15) is 0 Å². The zero-order valence-electron chi connectivity index (χ0n) is 8.75. The molecule has 1 aromatic heterocycles. The number of carbonyl (C=O) groups is 1. The second kappa shape index (κ2) is 5.05. The molecule has 0 saturated carbocycles. The molecule has 17 heavy (non-hydrogen) atoms. The lowest BCUT2D eigenvalue weighted by atomic mass is 10.2. The number of aryl methyl sites for hydroxylation is 1. The summed E-state index contributed by atoms with van der Waals surface area (Å²) in [4.78, 5) is 10.5. The van der Waals surface area contributed by atoms with E-state index in [0.29, 0.717) is 5.82 Å². The fraction of sp³-hybridized carbons (Fsp3) is 0.200. The summed E-state index contributed by atoms with van der Waals surface area (Å²) in [5.41, 5.74) is 0.842. The van der Waals surface area contributed by atoms with Gasteiger partial charge in [-0.3, -0.25) is 4.79 Å². The molecule has 1 N–H and O–H groups in total. The van der Waals surface area contributed by atoms with E-state index in [1.165, 1.54) is 4.68 Å². The molecule has 0 atom stereocenters. The quantitative estimate of drug-likeness (QED) is 0.926. The minimum Gasteiger partial charge on any atom is -0.481 e. The first-order valence-corrected chi connectivity index (χ1v) is 5.70. The Morgan fingerprint density at radius 3 is 3.00 bits per heavy atom. The van der Waals surface area contributed by atoms with Crippen LogP contribution in [0.1, 0.15) is 6.42 Å². The molecule has 0 radical (unpaired) electrons. The van der Waals surface area contributed by atoms with Crippen LogP contribution >= 0.6 is 15.9 Å². The van der Waals surface area contributed by atoms with E-state index >= 15 is 0 Å². The number of rotatable bonds is 4. The van der Waals surface area contributed by atoms with Crippen LogP contribution in [-0.4, -0.2) is 31.3 Å². The first-order valence-electron chi connectivity index (χ1n) is 4.91. The number of halogens is 1. The molecular formula is C10H9BrN4O2. The van der Waals surface area contributed by atoms with E-state index in [0.717, 1.165) is 10.0 Å². The number of aromatic nitrogens is 4. The predicted molar refractivity (Wildman–Crippen MR) is 63.2 cm³/mol. The fourth-order valence-electron chi connectivity index (χ4n) is 1.39. The van der Waals surface area contributed by atoms with Crippen molar-refractivity contribution in [1.29, 1.82) is 0 Å². The highest BCUT2D eigenvalue weighted by atomic mass is 79.9. The summed E-state index contributed by atoms with van der Waals surface area (Å²) in [5, 5.41) is 19.9. The van der Waals surface area contributed by atoms with Crippen molar-refractivity contribution in [2.75, 3.05) is 0 Å². The SMILES string of the molecule is O=C(O)CCn1nnnc1-c1cccc(Br)c1. The van der Waals surface area contributed by atoms with Gasteiger partial charge in [0.2, 0.25) is 0 Å². The van der Waals surface area contributed by atoms with Gasteiger partial charge in [0.15, 0.2) is 5.82 Å². The number of tetrazole rings is 1. The second-order valence-electron chi connectivity index (χ2n) is 3.38. The maximum atomic E-state index is 10.5. The van der Waals surface area contributed by atoms with Gasteiger partial charge in [0.05, 0.1) is 13.0 Å². The zero-order valence-corrected chi connectivity index (χ0v) is 10.3. The molecule has 0 aliphatic carbocycles. The normalized spacial score (nSPS) is 10.4. The first-order chi connectivity index (χ1) is 8.16. The van der Waals surface area contributed by atoms with Gasteiger partial charge in [0.25, 0.3) is 0 Å². The van der Waals surface area contributed by atoms with Crippen LogP contribution in [0.4, 0.5) is 0 Å². The van der Waals surface area contributed by atoms with Crippen LogP contribution in [0, 0.1) is 0 Å². The average molecular weight is 297 g/mol. The lowest BCUT2D eigenvalue weighted by Gasteiger charge is -2.03. The van der Waals surface area contributed by atoms with Crippen molar-refractivity contribution < 1.29 is 9.90 Å². The van der Waals surface area contributed by atoms with E-state index in [1.807, 2.05) is 24.3 Å². The van der Waals surface area contributed by atoms with Crippen molar-refractivity contribution in [3.8, 4) is 11.4 Å². The molecule has 1 aromatic carbocycles. The van der Waals surface area contributed by atoms with Gasteiger partial charge in [-0.1, -0.05) is 28.1 Å². The molecule has 2 rings (SSSR count). The summed E-state index contributed by atoms with van der Waals surface area (Å²) in [5.74, 6) is -0.312. The summed E-state index contributed by atoms with van der Waals surface area (Å²) in [6, 6.07) is 7.52. The first kappa shape index (κ1) is 11.7. The third-order valence-corrected chi connectivity index (χ3v) is 2.65. The Bertz CT molecular complexity index is 541. The monoisotopic (exact) mass is 296 g/mol. The molecule has 0 amide bonds. The molecule has 0 fully saturated rings. The zero-order chi connectivity index (χ0) is 12.3. The van der Waals surface area contributed by atoms with Gasteiger partial charge in [-0.15, -0.1) is 5.10 Å². The molecule has 88 valence electrons. The summed E-state index contributed by atoms with van der Waals surface area (Å²) in [7, 11) is 0. The lowest BCUT2D eigenvalue weighted by Crippen LogP contribution is -2.07. The highest BCUT2D eigenvalue weighted by molar-refractivity contribution is 9.10. The standard InChI is InChI=1S/C10H9BrN4O2/c11-8-3-1-2-7(6-8)10-12-13-14-15(10)5-4-9(16)17/h1-3,6H,4-5H2,(H,16,17). The summed E-state index contributed by atoms with van der Waals surface area (Å²) < 4.78 is 2.40. The van der Waals surface area contributed by atoms with Crippen molar-refractivity contribution in [1.82, 2.24) is 20.2 Å². The molecular weight excluding hydrogens is 288 g/mol. The number of carboxylic acids is 1. The molecule has 2 aromatic rings. The highest BCUT2D eigenvalue weighted by Crippen LogP contribution is 2.20. The van der Waals surface area contributed by atoms with Gasteiger partial charge < -0.3 is 5.11 Å². The Kier molecular flexibility index (Phi) is 3.48. The van der Waals surface area contributed by atoms with Crippen LogP contribution in [0.2, 0.25) is 0 Å². The average Bonchev–Trinajstić information content (AvgIpc) is 2.74. The van der Waals surface area contributed by atoms with Crippen LogP contribution in [0.3, 0.4) is 0 Å². The number of hydrogen-bond donors (Lipinski definition) is 1. The van der Waals surface area contributed by atoms with Crippen LogP contribution in [0.15, 0.2) is 28.7 Å².